The highest BCUT2D eigenvalue weighted by molar-refractivity contribution is 5.90. The Morgan fingerprint density at radius 1 is 1.03 bits per heavy atom. The van der Waals surface area contributed by atoms with Crippen LogP contribution in [-0.4, -0.2) is 54.4 Å². The van der Waals surface area contributed by atoms with Crippen molar-refractivity contribution in [1.29, 1.82) is 0 Å². The quantitative estimate of drug-likeness (QED) is 0.717. The summed E-state index contributed by atoms with van der Waals surface area (Å²) in [5, 5.41) is 5.86. The van der Waals surface area contributed by atoms with Crippen molar-refractivity contribution in [3.05, 3.63) is 54.2 Å². The third-order valence-electron chi connectivity index (χ3n) is 4.89. The van der Waals surface area contributed by atoms with E-state index >= 15 is 0 Å². The van der Waals surface area contributed by atoms with Crippen LogP contribution in [0.3, 0.4) is 0 Å². The number of pyridine rings is 1. The predicted molar refractivity (Wildman–Crippen MR) is 115 cm³/mol. The molecule has 0 saturated carbocycles. The molecule has 0 radical (unpaired) electrons. The molecule has 2 amide bonds. The predicted octanol–water partition coefficient (Wildman–Crippen LogP) is 2.26. The molecule has 0 atom stereocenters. The van der Waals surface area contributed by atoms with E-state index in [1.165, 1.54) is 0 Å². The lowest BCUT2D eigenvalue weighted by atomic mass is 10.2. The van der Waals surface area contributed by atoms with Crippen LogP contribution in [0.15, 0.2) is 48.7 Å². The Balaban J connectivity index is 1.41. The number of carbonyl (C=O) groups is 2. The van der Waals surface area contributed by atoms with Gasteiger partial charge >= 0.3 is 0 Å². The Kier molecular flexibility index (Phi) is 7.58. The Morgan fingerprint density at radius 2 is 1.86 bits per heavy atom. The number of nitrogens with zero attached hydrogens (tertiary/aromatic N) is 3. The molecule has 0 bridgehead atoms. The maximum absolute atomic E-state index is 12.3. The molecular formula is C22H29N5O2. The Labute approximate surface area is 172 Å². The van der Waals surface area contributed by atoms with Crippen LogP contribution < -0.4 is 15.5 Å². The maximum atomic E-state index is 12.3. The minimum absolute atomic E-state index is 0.0108. The van der Waals surface area contributed by atoms with Crippen molar-refractivity contribution < 1.29 is 9.59 Å². The summed E-state index contributed by atoms with van der Waals surface area (Å²) >= 11 is 0. The van der Waals surface area contributed by atoms with Gasteiger partial charge in [-0.05, 0) is 36.2 Å². The maximum Gasteiger partial charge on any atom is 0.234 e. The second kappa shape index (κ2) is 10.6. The van der Waals surface area contributed by atoms with E-state index in [9.17, 15) is 9.59 Å². The second-order valence-electron chi connectivity index (χ2n) is 7.23. The topological polar surface area (TPSA) is 77.6 Å². The lowest BCUT2D eigenvalue weighted by Gasteiger charge is -2.34. The fourth-order valence-corrected chi connectivity index (χ4v) is 3.35. The van der Waals surface area contributed by atoms with Gasteiger partial charge in [-0.2, -0.15) is 0 Å². The molecule has 29 heavy (non-hydrogen) atoms. The zero-order valence-electron chi connectivity index (χ0n) is 16.9. The molecule has 0 aliphatic carbocycles. The van der Waals surface area contributed by atoms with Gasteiger partial charge in [0.15, 0.2) is 0 Å². The summed E-state index contributed by atoms with van der Waals surface area (Å²) < 4.78 is 0. The van der Waals surface area contributed by atoms with Gasteiger partial charge in [-0.25, -0.2) is 4.98 Å². The normalized spacial score (nSPS) is 14.4. The number of anilines is 2. The van der Waals surface area contributed by atoms with E-state index < -0.39 is 0 Å². The zero-order valence-corrected chi connectivity index (χ0v) is 16.9. The van der Waals surface area contributed by atoms with E-state index in [2.05, 4.69) is 25.4 Å². The first-order valence-corrected chi connectivity index (χ1v) is 10.2. The summed E-state index contributed by atoms with van der Waals surface area (Å²) in [4.78, 5) is 32.9. The molecule has 1 aliphatic rings. The molecule has 7 nitrogen and oxygen atoms in total. The van der Waals surface area contributed by atoms with E-state index in [0.717, 1.165) is 49.7 Å². The van der Waals surface area contributed by atoms with Crippen LogP contribution in [0.4, 0.5) is 11.5 Å². The summed E-state index contributed by atoms with van der Waals surface area (Å²) in [6.45, 7) is 6.22. The molecule has 2 heterocycles. The third-order valence-corrected chi connectivity index (χ3v) is 4.89. The van der Waals surface area contributed by atoms with Crippen LogP contribution in [0.1, 0.15) is 25.3 Å². The Morgan fingerprint density at radius 3 is 2.59 bits per heavy atom. The molecule has 7 heteroatoms. The smallest absolute Gasteiger partial charge is 0.234 e. The fourth-order valence-electron chi connectivity index (χ4n) is 3.35. The van der Waals surface area contributed by atoms with Gasteiger partial charge in [0.25, 0.3) is 0 Å². The molecule has 154 valence electrons. The average molecular weight is 396 g/mol. The molecule has 3 rings (SSSR count). The molecule has 2 aromatic rings. The molecule has 0 spiro atoms. The first kappa shape index (κ1) is 20.8. The molecule has 1 aromatic carbocycles. The Hall–Kier alpha value is -2.93. The second-order valence-corrected chi connectivity index (χ2v) is 7.23. The van der Waals surface area contributed by atoms with Crippen molar-refractivity contribution in [2.24, 2.45) is 0 Å². The summed E-state index contributed by atoms with van der Waals surface area (Å²) in [7, 11) is 0. The van der Waals surface area contributed by atoms with Crippen molar-refractivity contribution in [3.63, 3.8) is 0 Å². The van der Waals surface area contributed by atoms with Crippen LogP contribution in [0.5, 0.6) is 0 Å². The highest BCUT2D eigenvalue weighted by Crippen LogP contribution is 2.13. The van der Waals surface area contributed by atoms with Gasteiger partial charge in [-0.3, -0.25) is 14.5 Å². The number of rotatable bonds is 8. The van der Waals surface area contributed by atoms with Crippen LogP contribution >= 0.6 is 0 Å². The zero-order chi connectivity index (χ0) is 20.5. The van der Waals surface area contributed by atoms with Crippen LogP contribution in [-0.2, 0) is 16.1 Å². The molecule has 1 fully saturated rings. The van der Waals surface area contributed by atoms with Gasteiger partial charge < -0.3 is 15.5 Å². The van der Waals surface area contributed by atoms with E-state index in [1.54, 1.807) is 6.20 Å². The highest BCUT2D eigenvalue weighted by atomic mass is 16.2. The van der Waals surface area contributed by atoms with Gasteiger partial charge in [0.1, 0.15) is 5.82 Å². The first-order valence-electron chi connectivity index (χ1n) is 10.2. The monoisotopic (exact) mass is 395 g/mol. The minimum atomic E-state index is 0.0108. The molecule has 2 N–H and O–H groups in total. The van der Waals surface area contributed by atoms with Crippen LogP contribution in [0, 0.1) is 0 Å². The summed E-state index contributed by atoms with van der Waals surface area (Å²) in [6, 6.07) is 13.5. The van der Waals surface area contributed by atoms with Gasteiger partial charge in [0.2, 0.25) is 11.8 Å². The van der Waals surface area contributed by atoms with Gasteiger partial charge in [0.05, 0.1) is 6.54 Å². The third kappa shape index (κ3) is 6.57. The minimum Gasteiger partial charge on any atom is -0.354 e. The molecule has 0 unspecified atom stereocenters. The number of hydrogen-bond acceptors (Lipinski definition) is 5. The number of nitrogens with one attached hydrogen (secondary N) is 2. The van der Waals surface area contributed by atoms with E-state index in [1.807, 2.05) is 49.4 Å². The number of benzene rings is 1. The van der Waals surface area contributed by atoms with Gasteiger partial charge in [-0.1, -0.05) is 25.1 Å². The van der Waals surface area contributed by atoms with E-state index in [-0.39, 0.29) is 11.8 Å². The number of aromatic nitrogens is 1. The van der Waals surface area contributed by atoms with Crippen LogP contribution in [0.2, 0.25) is 0 Å². The van der Waals surface area contributed by atoms with Crippen molar-refractivity contribution >= 4 is 23.3 Å². The standard InChI is InChI=1S/C22H29N5O2/c1-2-6-21(28)25-19-8-5-7-18(15-19)16-24-22(29)17-26-11-13-27(14-12-26)20-9-3-4-10-23-20/h3-5,7-10,15H,2,6,11-14,16-17H2,1H3,(H,24,29)(H,25,28). The van der Waals surface area contributed by atoms with Crippen LogP contribution in [0.25, 0.3) is 0 Å². The van der Waals surface area contributed by atoms with Crippen molar-refractivity contribution in [2.75, 3.05) is 42.9 Å². The summed E-state index contributed by atoms with van der Waals surface area (Å²) in [5.41, 5.74) is 1.73. The molecule has 1 aromatic heterocycles. The average Bonchev–Trinajstić information content (AvgIpc) is 2.74. The summed E-state index contributed by atoms with van der Waals surface area (Å²) in [5.74, 6) is 1.01. The molecule has 1 saturated heterocycles. The van der Waals surface area contributed by atoms with Crippen molar-refractivity contribution in [2.45, 2.75) is 26.3 Å². The number of carbonyl (C=O) groups excluding carboxylic acids is 2. The molecule has 1 aliphatic heterocycles. The first-order chi connectivity index (χ1) is 14.1. The fraction of sp³-hybridized carbons (Fsp3) is 0.409. The highest BCUT2D eigenvalue weighted by Gasteiger charge is 2.19. The van der Waals surface area contributed by atoms with Gasteiger partial charge in [-0.15, -0.1) is 0 Å². The number of piperazine rings is 1. The summed E-state index contributed by atoms with van der Waals surface area (Å²) in [6.07, 6.45) is 3.13. The lowest BCUT2D eigenvalue weighted by molar-refractivity contribution is -0.122. The number of hydrogen-bond donors (Lipinski definition) is 2. The van der Waals surface area contributed by atoms with E-state index in [0.29, 0.717) is 19.5 Å². The van der Waals surface area contributed by atoms with E-state index in [4.69, 9.17) is 0 Å². The molecular weight excluding hydrogens is 366 g/mol. The number of amides is 2. The Bertz CT molecular complexity index is 804. The SMILES string of the molecule is CCCC(=O)Nc1cccc(CNC(=O)CN2CCN(c3ccccn3)CC2)c1. The largest absolute Gasteiger partial charge is 0.354 e. The van der Waals surface area contributed by atoms with Crippen molar-refractivity contribution in [1.82, 2.24) is 15.2 Å². The van der Waals surface area contributed by atoms with Crippen molar-refractivity contribution in [3.8, 4) is 0 Å². The lowest BCUT2D eigenvalue weighted by Crippen LogP contribution is -2.49. The van der Waals surface area contributed by atoms with Gasteiger partial charge in [0, 0.05) is 51.0 Å².